The van der Waals surface area contributed by atoms with E-state index in [1.54, 1.807) is 0 Å². The van der Waals surface area contributed by atoms with Crippen LogP contribution in [0.2, 0.25) is 0 Å². The van der Waals surface area contributed by atoms with E-state index in [0.29, 0.717) is 5.62 Å². The van der Waals surface area contributed by atoms with Crippen molar-refractivity contribution in [3.63, 3.8) is 0 Å². The minimum Gasteiger partial charge on any atom is -0.322 e. The summed E-state index contributed by atoms with van der Waals surface area (Å²) in [5.74, 6) is 0. The average Bonchev–Trinajstić information content (AvgIpc) is 2.11. The van der Waals surface area contributed by atoms with E-state index in [9.17, 15) is 4.57 Å². The van der Waals surface area contributed by atoms with Crippen LogP contribution in [0.4, 0.5) is 0 Å². The quantitative estimate of drug-likeness (QED) is 0.456. The highest BCUT2D eigenvalue weighted by atomic mass is 35.5. The predicted molar refractivity (Wildman–Crippen MR) is 57.9 cm³/mol. The van der Waals surface area contributed by atoms with Gasteiger partial charge >= 0.3 is 0 Å². The Bertz CT molecular complexity index is 135. The van der Waals surface area contributed by atoms with Gasteiger partial charge in [-0.15, -0.1) is 11.6 Å². The van der Waals surface area contributed by atoms with Gasteiger partial charge in [0.2, 0.25) is 0 Å². The maximum absolute atomic E-state index is 12.0. The van der Waals surface area contributed by atoms with Crippen molar-refractivity contribution in [3.05, 3.63) is 0 Å². The van der Waals surface area contributed by atoms with Crippen LogP contribution in [-0.4, -0.2) is 17.9 Å². The van der Waals surface area contributed by atoms with E-state index in [1.165, 1.54) is 0 Å². The van der Waals surface area contributed by atoms with Crippen molar-refractivity contribution in [1.82, 2.24) is 0 Å². The fourth-order valence-electron chi connectivity index (χ4n) is 1.12. The lowest BCUT2D eigenvalue weighted by atomic mass is 10.4. The second-order valence-electron chi connectivity index (χ2n) is 3.33. The van der Waals surface area contributed by atoms with Crippen molar-refractivity contribution in [1.29, 1.82) is 0 Å². The molecule has 0 spiro atoms. The SMILES string of the molecule is CCCCP(=O)(CCl)CCCC. The molecule has 1 nitrogen and oxygen atoms in total. The molecule has 0 aromatic rings. The van der Waals surface area contributed by atoms with E-state index in [4.69, 9.17) is 11.6 Å². The maximum atomic E-state index is 12.0. The van der Waals surface area contributed by atoms with Crippen LogP contribution < -0.4 is 0 Å². The van der Waals surface area contributed by atoms with Crippen molar-refractivity contribution in [2.75, 3.05) is 17.9 Å². The van der Waals surface area contributed by atoms with E-state index < -0.39 is 7.14 Å². The molecule has 0 saturated heterocycles. The maximum Gasteiger partial charge on any atom is 0.102 e. The van der Waals surface area contributed by atoms with Gasteiger partial charge in [0.15, 0.2) is 0 Å². The number of hydrogen-bond acceptors (Lipinski definition) is 1. The van der Waals surface area contributed by atoms with Crippen LogP contribution in [0.5, 0.6) is 0 Å². The second-order valence-corrected chi connectivity index (χ2v) is 7.30. The van der Waals surface area contributed by atoms with Crippen LogP contribution in [0.1, 0.15) is 39.5 Å². The Morgan fingerprint density at radius 3 is 1.75 bits per heavy atom. The minimum absolute atomic E-state index is 0.382. The smallest absolute Gasteiger partial charge is 0.102 e. The third-order valence-electron chi connectivity index (χ3n) is 2.06. The van der Waals surface area contributed by atoms with E-state index >= 15 is 0 Å². The van der Waals surface area contributed by atoms with Crippen LogP contribution >= 0.6 is 18.7 Å². The molecular formula is C9H20ClOP. The molecule has 0 amide bonds. The minimum atomic E-state index is -1.97. The topological polar surface area (TPSA) is 17.1 Å². The molecule has 0 radical (unpaired) electrons. The number of unbranched alkanes of at least 4 members (excludes halogenated alkanes) is 2. The molecule has 0 aromatic heterocycles. The van der Waals surface area contributed by atoms with E-state index in [1.807, 2.05) is 0 Å². The molecule has 0 bridgehead atoms. The second kappa shape index (κ2) is 6.97. The van der Waals surface area contributed by atoms with Gasteiger partial charge < -0.3 is 4.57 Å². The van der Waals surface area contributed by atoms with Crippen LogP contribution in [0.25, 0.3) is 0 Å². The first-order valence-electron chi connectivity index (χ1n) is 4.81. The fourth-order valence-corrected chi connectivity index (χ4v) is 4.09. The first-order chi connectivity index (χ1) is 5.68. The van der Waals surface area contributed by atoms with E-state index in [2.05, 4.69) is 13.8 Å². The van der Waals surface area contributed by atoms with E-state index in [-0.39, 0.29) is 0 Å². The highest BCUT2D eigenvalue weighted by Gasteiger charge is 2.18. The first kappa shape index (κ1) is 12.5. The summed E-state index contributed by atoms with van der Waals surface area (Å²) in [6.07, 6.45) is 6.07. The van der Waals surface area contributed by atoms with Gasteiger partial charge in [0.1, 0.15) is 7.14 Å². The molecule has 0 atom stereocenters. The normalized spacial score (nSPS) is 11.9. The molecule has 0 aliphatic carbocycles. The highest BCUT2D eigenvalue weighted by molar-refractivity contribution is 7.65. The third-order valence-corrected chi connectivity index (χ3v) is 6.06. The Morgan fingerprint density at radius 1 is 1.08 bits per heavy atom. The van der Waals surface area contributed by atoms with Crippen molar-refractivity contribution in [2.24, 2.45) is 0 Å². The first-order valence-corrected chi connectivity index (χ1v) is 7.61. The Hall–Kier alpha value is 0.520. The zero-order valence-corrected chi connectivity index (χ0v) is 9.83. The van der Waals surface area contributed by atoms with Gasteiger partial charge in [-0.2, -0.15) is 0 Å². The van der Waals surface area contributed by atoms with Crippen molar-refractivity contribution < 1.29 is 4.57 Å². The summed E-state index contributed by atoms with van der Waals surface area (Å²) in [6, 6.07) is 0. The molecule has 0 aliphatic heterocycles. The summed E-state index contributed by atoms with van der Waals surface area (Å²) in [5.41, 5.74) is 0.382. The molecule has 74 valence electrons. The molecule has 0 aromatic carbocycles. The van der Waals surface area contributed by atoms with Gasteiger partial charge in [0.05, 0.1) is 5.62 Å². The van der Waals surface area contributed by atoms with Gasteiger partial charge in [-0.05, 0) is 12.8 Å². The van der Waals surface area contributed by atoms with E-state index in [0.717, 1.165) is 38.0 Å². The van der Waals surface area contributed by atoms with Crippen LogP contribution in [-0.2, 0) is 4.57 Å². The highest BCUT2D eigenvalue weighted by Crippen LogP contribution is 2.48. The summed E-state index contributed by atoms with van der Waals surface area (Å²) in [7, 11) is -1.97. The van der Waals surface area contributed by atoms with Crippen molar-refractivity contribution in [2.45, 2.75) is 39.5 Å². The lowest BCUT2D eigenvalue weighted by molar-refractivity contribution is 0.573. The van der Waals surface area contributed by atoms with Gasteiger partial charge in [0.25, 0.3) is 0 Å². The Morgan fingerprint density at radius 2 is 1.50 bits per heavy atom. The third kappa shape index (κ3) is 5.22. The van der Waals surface area contributed by atoms with Crippen molar-refractivity contribution in [3.8, 4) is 0 Å². The molecule has 3 heteroatoms. The summed E-state index contributed by atoms with van der Waals surface area (Å²) in [4.78, 5) is 0. The molecule has 0 N–H and O–H groups in total. The monoisotopic (exact) mass is 210 g/mol. The number of rotatable bonds is 7. The largest absolute Gasteiger partial charge is 0.322 e. The standard InChI is InChI=1S/C9H20ClOP/c1-3-5-7-12(11,9-10)8-6-4-2/h3-9H2,1-2H3. The van der Waals surface area contributed by atoms with Crippen LogP contribution in [0.3, 0.4) is 0 Å². The molecule has 0 unspecified atom stereocenters. The van der Waals surface area contributed by atoms with Gasteiger partial charge in [-0.1, -0.05) is 26.7 Å². The van der Waals surface area contributed by atoms with Crippen LogP contribution in [0, 0.1) is 0 Å². The average molecular weight is 211 g/mol. The fraction of sp³-hybridized carbons (Fsp3) is 1.00. The summed E-state index contributed by atoms with van der Waals surface area (Å²) in [5, 5.41) is 0. The Labute approximate surface area is 81.3 Å². The van der Waals surface area contributed by atoms with Crippen LogP contribution in [0.15, 0.2) is 0 Å². The Balaban J connectivity index is 3.79. The van der Waals surface area contributed by atoms with Gasteiger partial charge in [-0.25, -0.2) is 0 Å². The summed E-state index contributed by atoms with van der Waals surface area (Å²) < 4.78 is 12.0. The molecule has 0 fully saturated rings. The zero-order chi connectivity index (χ0) is 9.45. The Kier molecular flexibility index (Phi) is 7.28. The van der Waals surface area contributed by atoms with Crippen molar-refractivity contribution >= 4 is 18.7 Å². The number of halogens is 1. The summed E-state index contributed by atoms with van der Waals surface area (Å²) >= 11 is 5.72. The lowest BCUT2D eigenvalue weighted by Gasteiger charge is -2.13. The zero-order valence-electron chi connectivity index (χ0n) is 8.18. The van der Waals surface area contributed by atoms with Gasteiger partial charge in [-0.3, -0.25) is 0 Å². The molecule has 0 aliphatic rings. The molecule has 12 heavy (non-hydrogen) atoms. The molecule has 0 heterocycles. The lowest BCUT2D eigenvalue weighted by Crippen LogP contribution is -1.96. The number of hydrogen-bond donors (Lipinski definition) is 0. The summed E-state index contributed by atoms with van der Waals surface area (Å²) in [6.45, 7) is 4.25. The molecular weight excluding hydrogens is 191 g/mol. The molecule has 0 saturated carbocycles. The molecule has 0 rings (SSSR count). The number of alkyl halides is 1. The predicted octanol–water partition coefficient (Wildman–Crippen LogP) is 4.15. The van der Waals surface area contributed by atoms with Gasteiger partial charge in [0, 0.05) is 12.3 Å².